The van der Waals surface area contributed by atoms with Crippen molar-refractivity contribution >= 4 is 174 Å². The maximum atomic E-state index is 2.45. The Bertz CT molecular complexity index is 6760. The van der Waals surface area contributed by atoms with E-state index < -0.39 is 0 Å². The van der Waals surface area contributed by atoms with Gasteiger partial charge in [-0.2, -0.15) is 0 Å². The topological polar surface area (TPSA) is 9.72 Å². The quantitative estimate of drug-likeness (QED) is 0.133. The standard InChI is InChI=1S/C46H32BN.2C32H22BN/c1-3-15-35(16-4-1)40-20-13-21-41(36-17-5-2-6-18-36)46(40)47-42-22-9-11-24-44(42)48(45-25-12-10-23-43(45)47)39-30-28-34(29-31-39)38-27-26-33-14-7-8-19-37(33)32-38;1-3-15-25-23(11-1)13-9-19-27(25)33-28-17-5-7-20-31(28)34(32-21-8-6-18-29(32)33)30-22-10-14-24-12-2-4-16-26(24)30;1-2-12-25-22-26(21-20-23(25)10-1)33-28-15-5-7-17-31(28)34(32-18-8-6-16-29(32)33)30-19-9-13-24-11-3-4-14-27(24)30/h1-32H;2*1-22H. The molecule has 3 aliphatic rings. The SMILES string of the molecule is c1ccc(-c2cccc(-c3ccccc3)c2B2c3ccccc3N(c3ccc(-c4ccc5ccccc5c4)cc3)c3ccccc32)cc1.c1ccc2c(c1)B(c1ccc3ccccc3c1)c1ccccc1N2c1cccc2ccccc12.c1ccc2c(c1)B(c1cccc3ccccc13)c1ccccc1N2c1cccc2ccccc12. The molecule has 3 heterocycles. The lowest BCUT2D eigenvalue weighted by Crippen LogP contribution is -2.58. The Morgan fingerprint density at radius 1 is 0.155 bits per heavy atom. The van der Waals surface area contributed by atoms with Crippen molar-refractivity contribution in [2.24, 2.45) is 0 Å². The maximum Gasteiger partial charge on any atom is 0.248 e. The van der Waals surface area contributed by atoms with Crippen molar-refractivity contribution in [3.8, 4) is 33.4 Å². The average molecular weight is 1470 g/mol. The van der Waals surface area contributed by atoms with Gasteiger partial charge in [-0.1, -0.05) is 411 Å². The zero-order valence-electron chi connectivity index (χ0n) is 64.0. The van der Waals surface area contributed by atoms with Gasteiger partial charge in [0.15, 0.2) is 0 Å². The smallest absolute Gasteiger partial charge is 0.248 e. The van der Waals surface area contributed by atoms with Crippen molar-refractivity contribution in [3.63, 3.8) is 0 Å². The highest BCUT2D eigenvalue weighted by atomic mass is 15.2. The molecule has 540 valence electrons. The lowest BCUT2D eigenvalue weighted by molar-refractivity contribution is 1.29. The van der Waals surface area contributed by atoms with Gasteiger partial charge < -0.3 is 14.7 Å². The number of rotatable bonds is 9. The van der Waals surface area contributed by atoms with Crippen molar-refractivity contribution in [2.75, 3.05) is 14.7 Å². The molecule has 20 aromatic carbocycles. The van der Waals surface area contributed by atoms with Crippen LogP contribution in [-0.2, 0) is 0 Å². The van der Waals surface area contributed by atoms with E-state index in [9.17, 15) is 0 Å². The molecule has 0 amide bonds. The van der Waals surface area contributed by atoms with E-state index in [1.807, 2.05) is 0 Å². The van der Waals surface area contributed by atoms with E-state index in [4.69, 9.17) is 0 Å². The third-order valence-corrected chi connectivity index (χ3v) is 24.0. The molecule has 116 heavy (non-hydrogen) atoms. The normalized spacial score (nSPS) is 12.4. The minimum Gasteiger partial charge on any atom is -0.312 e. The van der Waals surface area contributed by atoms with E-state index in [1.165, 1.54) is 182 Å². The van der Waals surface area contributed by atoms with Crippen LogP contribution in [0, 0.1) is 0 Å². The number of hydrogen-bond acceptors (Lipinski definition) is 3. The van der Waals surface area contributed by atoms with Gasteiger partial charge in [-0.25, -0.2) is 0 Å². The number of fused-ring (bicyclic) bond motifs is 11. The van der Waals surface area contributed by atoms with Crippen molar-refractivity contribution < 1.29 is 0 Å². The van der Waals surface area contributed by atoms with Gasteiger partial charge in [-0.15, -0.1) is 0 Å². The second kappa shape index (κ2) is 30.1. The highest BCUT2D eigenvalue weighted by molar-refractivity contribution is 7.00. The number of hydrogen-bond donors (Lipinski definition) is 0. The second-order valence-electron chi connectivity index (χ2n) is 30.4. The average Bonchev–Trinajstić information content (AvgIpc) is 0.735. The Balaban J connectivity index is 0.000000111. The molecule has 23 rings (SSSR count). The molecule has 0 fully saturated rings. The van der Waals surface area contributed by atoms with Crippen molar-refractivity contribution in [1.82, 2.24) is 0 Å². The molecule has 3 aliphatic heterocycles. The Labute approximate surface area is 678 Å². The molecule has 0 bridgehead atoms. The highest BCUT2D eigenvalue weighted by Gasteiger charge is 2.40. The summed E-state index contributed by atoms with van der Waals surface area (Å²) in [6, 6.07) is 168. The van der Waals surface area contributed by atoms with E-state index >= 15 is 0 Å². The molecule has 0 saturated heterocycles. The largest absolute Gasteiger partial charge is 0.312 e. The molecule has 0 atom stereocenters. The van der Waals surface area contributed by atoms with E-state index in [0.29, 0.717) is 0 Å². The number of nitrogens with zero attached hydrogens (tertiary/aromatic N) is 3. The molecule has 0 saturated carbocycles. The molecule has 6 heteroatoms. The van der Waals surface area contributed by atoms with Gasteiger partial charge >= 0.3 is 0 Å². The third-order valence-electron chi connectivity index (χ3n) is 24.0. The van der Waals surface area contributed by atoms with Gasteiger partial charge in [0, 0.05) is 50.6 Å². The van der Waals surface area contributed by atoms with Crippen molar-refractivity contribution in [1.29, 1.82) is 0 Å². The van der Waals surface area contributed by atoms with Crippen LogP contribution in [0.25, 0.3) is 87.2 Å². The summed E-state index contributed by atoms with van der Waals surface area (Å²) in [7, 11) is 0. The summed E-state index contributed by atoms with van der Waals surface area (Å²) in [5, 5.41) is 12.7. The first-order chi connectivity index (χ1) is 57.6. The third kappa shape index (κ3) is 12.4. The fourth-order valence-corrected chi connectivity index (χ4v) is 18.8. The first-order valence-corrected chi connectivity index (χ1v) is 40.3. The summed E-state index contributed by atoms with van der Waals surface area (Å²) in [5.41, 5.74) is 30.4. The van der Waals surface area contributed by atoms with Crippen LogP contribution < -0.4 is 63.9 Å². The predicted molar refractivity (Wildman–Crippen MR) is 501 cm³/mol. The lowest BCUT2D eigenvalue weighted by atomic mass is 9.33. The number of anilines is 9. The van der Waals surface area contributed by atoms with Gasteiger partial charge in [0.05, 0.1) is 11.4 Å². The molecule has 0 unspecified atom stereocenters. The van der Waals surface area contributed by atoms with Crippen LogP contribution in [0.15, 0.2) is 461 Å². The summed E-state index contributed by atoms with van der Waals surface area (Å²) >= 11 is 0. The Morgan fingerprint density at radius 3 is 0.940 bits per heavy atom. The molecule has 0 spiro atoms. The first-order valence-electron chi connectivity index (χ1n) is 40.3. The lowest BCUT2D eigenvalue weighted by Gasteiger charge is -2.38. The van der Waals surface area contributed by atoms with Crippen LogP contribution in [-0.4, -0.2) is 20.1 Å². The molecule has 20 aromatic rings. The molecule has 3 nitrogen and oxygen atoms in total. The fraction of sp³-hybridized carbons (Fsp3) is 0. The zero-order valence-corrected chi connectivity index (χ0v) is 64.0. The first kappa shape index (κ1) is 69.3. The van der Waals surface area contributed by atoms with Crippen molar-refractivity contribution in [2.45, 2.75) is 0 Å². The summed E-state index contributed by atoms with van der Waals surface area (Å²) in [4.78, 5) is 7.35. The van der Waals surface area contributed by atoms with Gasteiger partial charge in [-0.05, 0) is 176 Å². The Hall–Kier alpha value is -14.7. The zero-order chi connectivity index (χ0) is 76.8. The molecular formula is C110H76B3N3. The molecule has 0 aliphatic carbocycles. The Kier molecular flexibility index (Phi) is 18.0. The summed E-state index contributed by atoms with van der Waals surface area (Å²) < 4.78 is 0. The minimum absolute atomic E-state index is 0.0390. The maximum absolute atomic E-state index is 2.45. The van der Waals surface area contributed by atoms with Crippen LogP contribution in [0.4, 0.5) is 51.2 Å². The van der Waals surface area contributed by atoms with E-state index in [0.717, 1.165) is 5.69 Å². The molecular weight excluding hydrogens is 1400 g/mol. The van der Waals surface area contributed by atoms with Gasteiger partial charge in [0.1, 0.15) is 0 Å². The summed E-state index contributed by atoms with van der Waals surface area (Å²) in [5.74, 6) is 0. The molecule has 0 radical (unpaired) electrons. The van der Waals surface area contributed by atoms with E-state index in [2.05, 4.69) is 476 Å². The van der Waals surface area contributed by atoms with Gasteiger partial charge in [0.2, 0.25) is 20.1 Å². The summed E-state index contributed by atoms with van der Waals surface area (Å²) in [6.45, 7) is 0.394. The minimum atomic E-state index is 0.0390. The van der Waals surface area contributed by atoms with Crippen LogP contribution in [0.1, 0.15) is 0 Å². The van der Waals surface area contributed by atoms with Gasteiger partial charge in [-0.3, -0.25) is 0 Å². The number of para-hydroxylation sites is 6. The second-order valence-corrected chi connectivity index (χ2v) is 30.4. The van der Waals surface area contributed by atoms with Crippen molar-refractivity contribution in [3.05, 3.63) is 461 Å². The Morgan fingerprint density at radius 2 is 0.466 bits per heavy atom. The predicted octanol–water partition coefficient (Wildman–Crippen LogP) is 22.7. The van der Waals surface area contributed by atoms with Crippen LogP contribution in [0.3, 0.4) is 0 Å². The number of benzene rings is 20. The van der Waals surface area contributed by atoms with E-state index in [1.54, 1.807) is 0 Å². The summed E-state index contributed by atoms with van der Waals surface area (Å²) in [6.07, 6.45) is 0. The monoisotopic (exact) mass is 1470 g/mol. The highest BCUT2D eigenvalue weighted by Crippen LogP contribution is 2.44. The fourth-order valence-electron chi connectivity index (χ4n) is 18.8. The molecule has 0 N–H and O–H groups in total. The van der Waals surface area contributed by atoms with Crippen LogP contribution in [0.2, 0.25) is 0 Å². The van der Waals surface area contributed by atoms with Crippen LogP contribution >= 0.6 is 0 Å². The van der Waals surface area contributed by atoms with Gasteiger partial charge in [0.25, 0.3) is 0 Å². The molecule has 0 aromatic heterocycles. The van der Waals surface area contributed by atoms with E-state index in [-0.39, 0.29) is 20.1 Å². The van der Waals surface area contributed by atoms with Crippen LogP contribution in [0.5, 0.6) is 0 Å².